The molecule has 0 heterocycles. The van der Waals surface area contributed by atoms with Crippen molar-refractivity contribution in [2.45, 2.75) is 26.3 Å². The van der Waals surface area contributed by atoms with E-state index in [4.69, 9.17) is 6.42 Å². The summed E-state index contributed by atoms with van der Waals surface area (Å²) in [6.07, 6.45) is 5.39. The third kappa shape index (κ3) is 3.63. The van der Waals surface area contributed by atoms with Gasteiger partial charge in [0, 0.05) is 17.8 Å². The van der Waals surface area contributed by atoms with Crippen molar-refractivity contribution in [3.05, 3.63) is 65.2 Å². The first kappa shape index (κ1) is 13.2. The van der Waals surface area contributed by atoms with Gasteiger partial charge in [-0.25, -0.2) is 0 Å². The fourth-order valence-corrected chi connectivity index (χ4v) is 1.94. The molecule has 1 heteroatoms. The molecule has 0 amide bonds. The summed E-state index contributed by atoms with van der Waals surface area (Å²) < 4.78 is 0. The Morgan fingerprint density at radius 2 is 1.84 bits per heavy atom. The van der Waals surface area contributed by atoms with Gasteiger partial charge >= 0.3 is 0 Å². The smallest absolute Gasteiger partial charge is 0.0400 e. The fraction of sp³-hybridized carbons (Fsp3) is 0.222. The van der Waals surface area contributed by atoms with Gasteiger partial charge in [0.15, 0.2) is 0 Å². The second-order valence-electron chi connectivity index (χ2n) is 4.97. The lowest BCUT2D eigenvalue weighted by Gasteiger charge is -2.09. The maximum Gasteiger partial charge on any atom is 0.0400 e. The first-order valence-corrected chi connectivity index (χ1v) is 6.58. The van der Waals surface area contributed by atoms with Crippen LogP contribution < -0.4 is 5.32 Å². The molecule has 0 aromatic heterocycles. The third-order valence-electron chi connectivity index (χ3n) is 3.17. The second kappa shape index (κ2) is 6.11. The molecule has 0 spiro atoms. The SMILES string of the molecule is C#Cc1cccc(NCc2ccc(C(C)C)cc2)c1. The summed E-state index contributed by atoms with van der Waals surface area (Å²) in [5.41, 5.74) is 4.61. The number of hydrogen-bond donors (Lipinski definition) is 1. The Morgan fingerprint density at radius 3 is 2.47 bits per heavy atom. The van der Waals surface area contributed by atoms with Crippen LogP contribution in [0.1, 0.15) is 36.5 Å². The van der Waals surface area contributed by atoms with Gasteiger partial charge in [-0.2, -0.15) is 0 Å². The maximum absolute atomic E-state index is 5.39. The molecule has 0 aliphatic carbocycles. The average molecular weight is 249 g/mol. The van der Waals surface area contributed by atoms with Gasteiger partial charge in [0.1, 0.15) is 0 Å². The van der Waals surface area contributed by atoms with Gasteiger partial charge in [0.2, 0.25) is 0 Å². The molecular weight excluding hydrogens is 230 g/mol. The highest BCUT2D eigenvalue weighted by Gasteiger charge is 1.99. The summed E-state index contributed by atoms with van der Waals surface area (Å²) in [5, 5.41) is 3.39. The standard InChI is InChI=1S/C18H19N/c1-4-15-6-5-7-18(12-15)19-13-16-8-10-17(11-9-16)14(2)3/h1,5-12,14,19H,13H2,2-3H3. The van der Waals surface area contributed by atoms with Crippen molar-refractivity contribution in [3.8, 4) is 12.3 Å². The van der Waals surface area contributed by atoms with Gasteiger partial charge in [-0.05, 0) is 35.2 Å². The molecule has 0 saturated carbocycles. The van der Waals surface area contributed by atoms with E-state index in [0.717, 1.165) is 17.8 Å². The zero-order chi connectivity index (χ0) is 13.7. The topological polar surface area (TPSA) is 12.0 Å². The summed E-state index contributed by atoms with van der Waals surface area (Å²) in [4.78, 5) is 0. The summed E-state index contributed by atoms with van der Waals surface area (Å²) in [6, 6.07) is 16.7. The molecule has 2 aromatic rings. The van der Waals surface area contributed by atoms with E-state index in [1.165, 1.54) is 11.1 Å². The van der Waals surface area contributed by atoms with Gasteiger partial charge < -0.3 is 5.32 Å². The van der Waals surface area contributed by atoms with Crippen LogP contribution in [-0.2, 0) is 6.54 Å². The van der Waals surface area contributed by atoms with Crippen LogP contribution in [0.3, 0.4) is 0 Å². The Kier molecular flexibility index (Phi) is 4.26. The van der Waals surface area contributed by atoms with E-state index in [1.807, 2.05) is 24.3 Å². The van der Waals surface area contributed by atoms with Crippen molar-refractivity contribution in [1.82, 2.24) is 0 Å². The molecule has 0 aliphatic heterocycles. The zero-order valence-corrected chi connectivity index (χ0v) is 11.5. The minimum absolute atomic E-state index is 0.578. The van der Waals surface area contributed by atoms with Crippen molar-refractivity contribution >= 4 is 5.69 Å². The van der Waals surface area contributed by atoms with E-state index in [1.54, 1.807) is 0 Å². The molecule has 0 saturated heterocycles. The Hall–Kier alpha value is -2.20. The van der Waals surface area contributed by atoms with Crippen LogP contribution in [-0.4, -0.2) is 0 Å². The Labute approximate surface area is 115 Å². The minimum Gasteiger partial charge on any atom is -0.381 e. The molecule has 96 valence electrons. The van der Waals surface area contributed by atoms with E-state index in [0.29, 0.717) is 5.92 Å². The third-order valence-corrected chi connectivity index (χ3v) is 3.17. The van der Waals surface area contributed by atoms with Gasteiger partial charge in [-0.3, -0.25) is 0 Å². The van der Waals surface area contributed by atoms with E-state index in [2.05, 4.69) is 49.4 Å². The molecule has 2 aromatic carbocycles. The molecule has 0 aliphatic rings. The lowest BCUT2D eigenvalue weighted by Crippen LogP contribution is -2.00. The molecule has 2 rings (SSSR count). The number of hydrogen-bond acceptors (Lipinski definition) is 1. The quantitative estimate of drug-likeness (QED) is 0.792. The van der Waals surface area contributed by atoms with Crippen molar-refractivity contribution in [2.75, 3.05) is 5.32 Å². The van der Waals surface area contributed by atoms with E-state index >= 15 is 0 Å². The summed E-state index contributed by atoms with van der Waals surface area (Å²) >= 11 is 0. The number of rotatable bonds is 4. The number of anilines is 1. The molecule has 1 nitrogen and oxygen atoms in total. The summed E-state index contributed by atoms with van der Waals surface area (Å²) in [5.74, 6) is 3.22. The number of terminal acetylenes is 1. The van der Waals surface area contributed by atoms with Gasteiger partial charge in [-0.15, -0.1) is 6.42 Å². The molecule has 0 bridgehead atoms. The molecule has 0 fully saturated rings. The molecule has 0 unspecified atom stereocenters. The van der Waals surface area contributed by atoms with Crippen LogP contribution in [0.25, 0.3) is 0 Å². The van der Waals surface area contributed by atoms with Gasteiger partial charge in [0.25, 0.3) is 0 Å². The largest absolute Gasteiger partial charge is 0.381 e. The molecule has 1 N–H and O–H groups in total. The van der Waals surface area contributed by atoms with Crippen molar-refractivity contribution in [3.63, 3.8) is 0 Å². The molecular formula is C18H19N. The van der Waals surface area contributed by atoms with E-state index < -0.39 is 0 Å². The normalized spacial score (nSPS) is 10.2. The number of nitrogens with one attached hydrogen (secondary N) is 1. The molecule has 0 atom stereocenters. The van der Waals surface area contributed by atoms with Crippen LogP contribution >= 0.6 is 0 Å². The first-order chi connectivity index (χ1) is 9.19. The van der Waals surface area contributed by atoms with Crippen molar-refractivity contribution in [2.24, 2.45) is 0 Å². The second-order valence-corrected chi connectivity index (χ2v) is 4.97. The van der Waals surface area contributed by atoms with E-state index in [9.17, 15) is 0 Å². The van der Waals surface area contributed by atoms with Gasteiger partial charge in [0.05, 0.1) is 0 Å². The van der Waals surface area contributed by atoms with Gasteiger partial charge in [-0.1, -0.05) is 50.1 Å². The maximum atomic E-state index is 5.39. The lowest BCUT2D eigenvalue weighted by molar-refractivity contribution is 0.865. The fourth-order valence-electron chi connectivity index (χ4n) is 1.94. The molecule has 0 radical (unpaired) electrons. The highest BCUT2D eigenvalue weighted by Crippen LogP contribution is 2.16. The van der Waals surface area contributed by atoms with Crippen molar-refractivity contribution in [1.29, 1.82) is 0 Å². The molecule has 19 heavy (non-hydrogen) atoms. The van der Waals surface area contributed by atoms with Crippen LogP contribution in [0.15, 0.2) is 48.5 Å². The first-order valence-electron chi connectivity index (χ1n) is 6.58. The zero-order valence-electron chi connectivity index (χ0n) is 11.5. The predicted octanol–water partition coefficient (Wildman–Crippen LogP) is 4.40. The monoisotopic (exact) mass is 249 g/mol. The highest BCUT2D eigenvalue weighted by atomic mass is 14.9. The van der Waals surface area contributed by atoms with E-state index in [-0.39, 0.29) is 0 Å². The highest BCUT2D eigenvalue weighted by molar-refractivity contribution is 5.50. The average Bonchev–Trinajstić information content (AvgIpc) is 2.46. The summed E-state index contributed by atoms with van der Waals surface area (Å²) in [7, 11) is 0. The Bertz CT molecular complexity index is 573. The Balaban J connectivity index is 2.00. The van der Waals surface area contributed by atoms with Crippen LogP contribution in [0.4, 0.5) is 5.69 Å². The Morgan fingerprint density at radius 1 is 1.11 bits per heavy atom. The minimum atomic E-state index is 0.578. The number of benzene rings is 2. The predicted molar refractivity (Wildman–Crippen MR) is 82.2 cm³/mol. The van der Waals surface area contributed by atoms with Crippen LogP contribution in [0.5, 0.6) is 0 Å². The van der Waals surface area contributed by atoms with Crippen molar-refractivity contribution < 1.29 is 0 Å². The summed E-state index contributed by atoms with van der Waals surface area (Å²) in [6.45, 7) is 5.23. The lowest BCUT2D eigenvalue weighted by atomic mass is 10.0. The van der Waals surface area contributed by atoms with Crippen LogP contribution in [0, 0.1) is 12.3 Å². The van der Waals surface area contributed by atoms with Crippen LogP contribution in [0.2, 0.25) is 0 Å².